The van der Waals surface area contributed by atoms with Crippen molar-refractivity contribution >= 4 is 23.4 Å². The fourth-order valence-corrected chi connectivity index (χ4v) is 4.22. The van der Waals surface area contributed by atoms with Crippen LogP contribution in [0.25, 0.3) is 0 Å². The summed E-state index contributed by atoms with van der Waals surface area (Å²) < 4.78 is 0. The van der Waals surface area contributed by atoms with Crippen molar-refractivity contribution in [2.24, 2.45) is 0 Å². The molecule has 1 aromatic carbocycles. The van der Waals surface area contributed by atoms with E-state index in [0.717, 1.165) is 37.3 Å². The van der Waals surface area contributed by atoms with Crippen LogP contribution in [0.1, 0.15) is 49.3 Å². The van der Waals surface area contributed by atoms with Crippen LogP contribution >= 0.6 is 0 Å². The van der Waals surface area contributed by atoms with Gasteiger partial charge in [-0.1, -0.05) is 37.6 Å². The predicted octanol–water partition coefficient (Wildman–Crippen LogP) is 3.00. The van der Waals surface area contributed by atoms with E-state index in [2.05, 4.69) is 46.4 Å². The highest BCUT2D eigenvalue weighted by Crippen LogP contribution is 2.30. The Labute approximate surface area is 178 Å². The maximum atomic E-state index is 12.3. The second kappa shape index (κ2) is 9.43. The van der Waals surface area contributed by atoms with Gasteiger partial charge in [0, 0.05) is 31.6 Å². The fourth-order valence-electron chi connectivity index (χ4n) is 4.22. The zero-order valence-corrected chi connectivity index (χ0v) is 17.9. The maximum absolute atomic E-state index is 12.3. The van der Waals surface area contributed by atoms with Crippen molar-refractivity contribution < 1.29 is 4.79 Å². The molecule has 0 amide bonds. The molecule has 2 aromatic rings. The van der Waals surface area contributed by atoms with Crippen LogP contribution in [0.2, 0.25) is 0 Å². The van der Waals surface area contributed by atoms with Crippen molar-refractivity contribution in [1.29, 1.82) is 0 Å². The average molecular weight is 409 g/mol. The van der Waals surface area contributed by atoms with E-state index in [9.17, 15) is 4.79 Å². The first-order valence-electron chi connectivity index (χ1n) is 11.1. The minimum atomic E-state index is 0.148. The van der Waals surface area contributed by atoms with Crippen molar-refractivity contribution in [1.82, 2.24) is 14.9 Å². The standard InChI is InChI=1S/C23H32N6O/c1-2-3-10-25-23-26-21(24)20-13-19(30)16-29(22(20)27-23)15-18-8-6-17(7-9-18)14-28-11-4-5-12-28/h6-9H,2-5,10-16H2,1H3,(H3,24,25,26,27). The summed E-state index contributed by atoms with van der Waals surface area (Å²) in [5.74, 6) is 1.87. The van der Waals surface area contributed by atoms with E-state index in [1.54, 1.807) is 0 Å². The van der Waals surface area contributed by atoms with Gasteiger partial charge in [0.1, 0.15) is 11.6 Å². The van der Waals surface area contributed by atoms with Gasteiger partial charge in [-0.3, -0.25) is 9.69 Å². The first kappa shape index (κ1) is 20.6. The summed E-state index contributed by atoms with van der Waals surface area (Å²) in [4.78, 5) is 26.0. The number of ketones is 1. The quantitative estimate of drug-likeness (QED) is 0.649. The monoisotopic (exact) mass is 408 g/mol. The summed E-state index contributed by atoms with van der Waals surface area (Å²) in [6.45, 7) is 7.36. The van der Waals surface area contributed by atoms with E-state index in [0.29, 0.717) is 31.3 Å². The Bertz CT molecular complexity index is 876. The number of aromatic nitrogens is 2. The number of carbonyl (C=O) groups excluding carboxylic acids is 1. The van der Waals surface area contributed by atoms with Gasteiger partial charge in [0.15, 0.2) is 5.78 Å². The van der Waals surface area contributed by atoms with Crippen LogP contribution in [0.15, 0.2) is 24.3 Å². The van der Waals surface area contributed by atoms with Crippen molar-refractivity contribution in [2.45, 2.75) is 52.1 Å². The van der Waals surface area contributed by atoms with Crippen LogP contribution in [-0.4, -0.2) is 46.8 Å². The van der Waals surface area contributed by atoms with Crippen molar-refractivity contribution in [3.8, 4) is 0 Å². The number of unbranched alkanes of at least 4 members (excludes halogenated alkanes) is 1. The van der Waals surface area contributed by atoms with E-state index in [1.807, 2.05) is 4.90 Å². The molecule has 1 aromatic heterocycles. The third kappa shape index (κ3) is 4.90. The number of nitrogens with two attached hydrogens (primary N) is 1. The van der Waals surface area contributed by atoms with Gasteiger partial charge >= 0.3 is 0 Å². The Morgan fingerprint density at radius 2 is 1.77 bits per heavy atom. The average Bonchev–Trinajstić information content (AvgIpc) is 3.24. The summed E-state index contributed by atoms with van der Waals surface area (Å²) in [7, 11) is 0. The second-order valence-corrected chi connectivity index (χ2v) is 8.39. The lowest BCUT2D eigenvalue weighted by atomic mass is 10.0. The molecule has 1 fully saturated rings. The number of carbonyl (C=O) groups is 1. The summed E-state index contributed by atoms with van der Waals surface area (Å²) in [5, 5.41) is 3.26. The molecule has 160 valence electrons. The van der Waals surface area contributed by atoms with E-state index >= 15 is 0 Å². The molecule has 30 heavy (non-hydrogen) atoms. The minimum absolute atomic E-state index is 0.148. The number of hydrogen-bond donors (Lipinski definition) is 2. The van der Waals surface area contributed by atoms with Gasteiger partial charge in [-0.2, -0.15) is 9.97 Å². The lowest BCUT2D eigenvalue weighted by Crippen LogP contribution is -2.37. The number of likely N-dealkylation sites (tertiary alicyclic amines) is 1. The highest BCUT2D eigenvalue weighted by molar-refractivity contribution is 5.91. The van der Waals surface area contributed by atoms with E-state index < -0.39 is 0 Å². The molecule has 1 saturated heterocycles. The Hall–Kier alpha value is -2.67. The van der Waals surface area contributed by atoms with Crippen LogP contribution < -0.4 is 16.0 Å². The van der Waals surface area contributed by atoms with Crippen LogP contribution in [0.5, 0.6) is 0 Å². The second-order valence-electron chi connectivity index (χ2n) is 8.39. The van der Waals surface area contributed by atoms with Crippen LogP contribution in [0.4, 0.5) is 17.6 Å². The molecule has 2 aliphatic rings. The number of Topliss-reactive ketones (excluding diaryl/α,β-unsaturated/α-hetero) is 1. The summed E-state index contributed by atoms with van der Waals surface area (Å²) in [6.07, 6.45) is 5.07. The highest BCUT2D eigenvalue weighted by atomic mass is 16.1. The maximum Gasteiger partial charge on any atom is 0.226 e. The molecule has 0 spiro atoms. The Morgan fingerprint density at radius 1 is 1.07 bits per heavy atom. The number of nitrogens with zero attached hydrogens (tertiary/aromatic N) is 4. The normalized spacial score (nSPS) is 16.7. The minimum Gasteiger partial charge on any atom is -0.383 e. The lowest BCUT2D eigenvalue weighted by Gasteiger charge is -2.30. The Morgan fingerprint density at radius 3 is 2.47 bits per heavy atom. The molecule has 0 radical (unpaired) electrons. The van der Waals surface area contributed by atoms with Gasteiger partial charge in [0.05, 0.1) is 6.54 Å². The number of nitrogen functional groups attached to an aromatic ring is 1. The van der Waals surface area contributed by atoms with Gasteiger partial charge in [0.25, 0.3) is 0 Å². The smallest absolute Gasteiger partial charge is 0.226 e. The highest BCUT2D eigenvalue weighted by Gasteiger charge is 2.27. The molecule has 0 atom stereocenters. The lowest BCUT2D eigenvalue weighted by molar-refractivity contribution is -0.117. The molecule has 3 N–H and O–H groups in total. The first-order chi connectivity index (χ1) is 14.6. The third-order valence-corrected chi connectivity index (χ3v) is 5.87. The van der Waals surface area contributed by atoms with Gasteiger partial charge < -0.3 is 16.0 Å². The zero-order valence-electron chi connectivity index (χ0n) is 17.9. The van der Waals surface area contributed by atoms with E-state index in [-0.39, 0.29) is 5.78 Å². The molecule has 0 saturated carbocycles. The molecule has 4 rings (SSSR count). The Kier molecular flexibility index (Phi) is 6.47. The fraction of sp³-hybridized carbons (Fsp3) is 0.522. The number of benzene rings is 1. The molecule has 0 unspecified atom stereocenters. The van der Waals surface area contributed by atoms with Crippen molar-refractivity contribution in [2.75, 3.05) is 42.1 Å². The van der Waals surface area contributed by atoms with Crippen LogP contribution in [0, 0.1) is 0 Å². The molecule has 7 heteroatoms. The van der Waals surface area contributed by atoms with E-state index in [4.69, 9.17) is 10.7 Å². The molecule has 3 heterocycles. The molecule has 0 aliphatic carbocycles. The zero-order chi connectivity index (χ0) is 20.9. The van der Waals surface area contributed by atoms with Crippen LogP contribution in [0.3, 0.4) is 0 Å². The number of anilines is 3. The SMILES string of the molecule is CCCCNc1nc(N)c2c(n1)N(Cc1ccc(CN3CCCC3)cc1)CC(=O)C2. The number of hydrogen-bond acceptors (Lipinski definition) is 7. The predicted molar refractivity (Wildman–Crippen MR) is 121 cm³/mol. The molecular formula is C23H32N6O. The topological polar surface area (TPSA) is 87.4 Å². The van der Waals surface area contributed by atoms with Crippen LogP contribution in [-0.2, 0) is 24.3 Å². The van der Waals surface area contributed by atoms with E-state index in [1.165, 1.54) is 37.1 Å². The summed E-state index contributed by atoms with van der Waals surface area (Å²) in [6, 6.07) is 8.73. The number of fused-ring (bicyclic) bond motifs is 1. The first-order valence-corrected chi connectivity index (χ1v) is 11.1. The summed E-state index contributed by atoms with van der Waals surface area (Å²) in [5.41, 5.74) is 9.44. The van der Waals surface area contributed by atoms with Gasteiger partial charge in [-0.15, -0.1) is 0 Å². The molecule has 0 bridgehead atoms. The summed E-state index contributed by atoms with van der Waals surface area (Å²) >= 11 is 0. The number of nitrogens with one attached hydrogen (secondary N) is 1. The Balaban J connectivity index is 1.49. The molecule has 2 aliphatic heterocycles. The molecule has 7 nitrogen and oxygen atoms in total. The van der Waals surface area contributed by atoms with Gasteiger partial charge in [-0.05, 0) is 43.5 Å². The largest absolute Gasteiger partial charge is 0.383 e. The number of rotatable bonds is 8. The van der Waals surface area contributed by atoms with Crippen molar-refractivity contribution in [3.05, 3.63) is 41.0 Å². The van der Waals surface area contributed by atoms with Crippen molar-refractivity contribution in [3.63, 3.8) is 0 Å². The third-order valence-electron chi connectivity index (χ3n) is 5.87. The molecular weight excluding hydrogens is 376 g/mol. The van der Waals surface area contributed by atoms with Gasteiger partial charge in [0.2, 0.25) is 5.95 Å². The van der Waals surface area contributed by atoms with Gasteiger partial charge in [-0.25, -0.2) is 0 Å².